The zero-order valence-electron chi connectivity index (χ0n) is 3.44. The van der Waals surface area contributed by atoms with Crippen molar-refractivity contribution in [1.29, 1.82) is 0 Å². The number of hydrogen-bond acceptors (Lipinski definition) is 0. The van der Waals surface area contributed by atoms with Gasteiger partial charge in [0, 0.05) is 0 Å². The summed E-state index contributed by atoms with van der Waals surface area (Å²) in [6.45, 7) is 5.42. The zero-order valence-corrected chi connectivity index (χ0v) is 3.44. The van der Waals surface area contributed by atoms with Gasteiger partial charge in [0.2, 0.25) is 0 Å². The summed E-state index contributed by atoms with van der Waals surface area (Å²) < 4.78 is 0. The fourth-order valence-electron chi connectivity index (χ4n) is 0.136. The van der Waals surface area contributed by atoms with Crippen molar-refractivity contribution in [2.24, 2.45) is 0 Å². The van der Waals surface area contributed by atoms with E-state index in [0.29, 0.717) is 0 Å². The van der Waals surface area contributed by atoms with Crippen molar-refractivity contribution in [1.82, 2.24) is 0 Å². The van der Waals surface area contributed by atoms with Gasteiger partial charge >= 0.3 is 18.9 Å². The van der Waals surface area contributed by atoms with Gasteiger partial charge in [0.15, 0.2) is 0 Å². The predicted octanol–water partition coefficient (Wildman–Crippen LogP) is 1.10. The van der Waals surface area contributed by atoms with Crippen molar-refractivity contribution < 1.29 is 0 Å². The molecule has 0 fully saturated rings. The molecule has 0 spiro atoms. The first kappa shape index (κ1) is 9.42. The quantitative estimate of drug-likeness (QED) is 0.324. The molecule has 0 aromatic carbocycles. The standard InChI is InChI=1S/C5H8.Li.H/c1-3-5-4-2;;/h3-5H,1H2,2H3;;. The van der Waals surface area contributed by atoms with Gasteiger partial charge in [-0.05, 0) is 6.92 Å². The molecule has 0 unspecified atom stereocenters. The van der Waals surface area contributed by atoms with E-state index in [-0.39, 0.29) is 18.9 Å². The molecule has 0 aliphatic heterocycles. The maximum absolute atomic E-state index is 3.46. The molecular weight excluding hydrogens is 67.0 g/mol. The first-order chi connectivity index (χ1) is 2.41. The SMILES string of the molecule is C=CC=CC.[LiH]. The second kappa shape index (κ2) is 8.91. The number of hydrogen-bond donors (Lipinski definition) is 0. The van der Waals surface area contributed by atoms with Crippen molar-refractivity contribution in [2.75, 3.05) is 0 Å². The third-order valence-corrected chi connectivity index (χ3v) is 0.329. The van der Waals surface area contributed by atoms with E-state index in [1.807, 2.05) is 19.1 Å². The van der Waals surface area contributed by atoms with Gasteiger partial charge in [-0.3, -0.25) is 0 Å². The minimum atomic E-state index is 0. The molecule has 0 bridgehead atoms. The molecule has 0 aromatic heterocycles. The van der Waals surface area contributed by atoms with Crippen LogP contribution in [-0.4, -0.2) is 18.9 Å². The van der Waals surface area contributed by atoms with Crippen LogP contribution < -0.4 is 0 Å². The Morgan fingerprint density at radius 1 is 1.50 bits per heavy atom. The Balaban J connectivity index is 0. The van der Waals surface area contributed by atoms with Crippen molar-refractivity contribution in [2.45, 2.75) is 6.92 Å². The Morgan fingerprint density at radius 2 is 2.00 bits per heavy atom. The molecular formula is C5H9Li. The van der Waals surface area contributed by atoms with Crippen molar-refractivity contribution in [3.05, 3.63) is 24.8 Å². The molecule has 0 radical (unpaired) electrons. The number of rotatable bonds is 1. The monoisotopic (exact) mass is 76.1 g/mol. The molecule has 0 saturated carbocycles. The Labute approximate surface area is 51.1 Å². The summed E-state index contributed by atoms with van der Waals surface area (Å²) in [6, 6.07) is 0. The van der Waals surface area contributed by atoms with Crippen LogP contribution >= 0.6 is 0 Å². The first-order valence-corrected chi connectivity index (χ1v) is 1.65. The van der Waals surface area contributed by atoms with Crippen molar-refractivity contribution in [3.63, 3.8) is 0 Å². The average Bonchev–Trinajstić information content (AvgIpc) is 1.41. The third kappa shape index (κ3) is 8.95. The average molecular weight is 76.1 g/mol. The summed E-state index contributed by atoms with van der Waals surface area (Å²) in [4.78, 5) is 0. The van der Waals surface area contributed by atoms with Crippen molar-refractivity contribution >= 4 is 18.9 Å². The van der Waals surface area contributed by atoms with Gasteiger partial charge in [-0.25, -0.2) is 0 Å². The molecule has 30 valence electrons. The van der Waals surface area contributed by atoms with Crippen LogP contribution in [0.3, 0.4) is 0 Å². The van der Waals surface area contributed by atoms with E-state index in [0.717, 1.165) is 0 Å². The molecule has 0 aliphatic rings. The molecule has 1 heteroatoms. The normalized spacial score (nSPS) is 7.50. The summed E-state index contributed by atoms with van der Waals surface area (Å²) in [5.41, 5.74) is 0. The van der Waals surface area contributed by atoms with E-state index in [1.54, 1.807) is 6.08 Å². The van der Waals surface area contributed by atoms with Crippen LogP contribution in [-0.2, 0) is 0 Å². The fourth-order valence-corrected chi connectivity index (χ4v) is 0.136. The van der Waals surface area contributed by atoms with Crippen LogP contribution in [0.1, 0.15) is 6.92 Å². The minimum absolute atomic E-state index is 0. The third-order valence-electron chi connectivity index (χ3n) is 0.329. The second-order valence-electron chi connectivity index (χ2n) is 0.761. The molecule has 0 saturated heterocycles. The molecule has 0 N–H and O–H groups in total. The zero-order chi connectivity index (χ0) is 4.12. The second-order valence-corrected chi connectivity index (χ2v) is 0.761. The van der Waals surface area contributed by atoms with Gasteiger partial charge in [0.1, 0.15) is 0 Å². The number of allylic oxidation sites excluding steroid dienone is 3. The summed E-state index contributed by atoms with van der Waals surface area (Å²) >= 11 is 0. The summed E-state index contributed by atoms with van der Waals surface area (Å²) in [7, 11) is 0. The van der Waals surface area contributed by atoms with E-state index < -0.39 is 0 Å². The Hall–Kier alpha value is 0.0774. The Morgan fingerprint density at radius 3 is 2.00 bits per heavy atom. The van der Waals surface area contributed by atoms with E-state index in [2.05, 4.69) is 6.58 Å². The Kier molecular flexibility index (Phi) is 14.0. The van der Waals surface area contributed by atoms with E-state index in [1.165, 1.54) is 0 Å². The van der Waals surface area contributed by atoms with Gasteiger partial charge in [-0.15, -0.1) is 0 Å². The van der Waals surface area contributed by atoms with E-state index in [9.17, 15) is 0 Å². The molecule has 6 heavy (non-hydrogen) atoms. The fraction of sp³-hybridized carbons (Fsp3) is 0.200. The van der Waals surface area contributed by atoms with Crippen LogP contribution in [0.15, 0.2) is 24.8 Å². The van der Waals surface area contributed by atoms with Gasteiger partial charge in [0.25, 0.3) is 0 Å². The van der Waals surface area contributed by atoms with Crippen LogP contribution in [0, 0.1) is 0 Å². The summed E-state index contributed by atoms with van der Waals surface area (Å²) in [5.74, 6) is 0. The van der Waals surface area contributed by atoms with Gasteiger partial charge in [-0.2, -0.15) is 0 Å². The van der Waals surface area contributed by atoms with Crippen LogP contribution in [0.25, 0.3) is 0 Å². The summed E-state index contributed by atoms with van der Waals surface area (Å²) in [6.07, 6.45) is 5.58. The molecule has 0 nitrogen and oxygen atoms in total. The van der Waals surface area contributed by atoms with Gasteiger partial charge in [0.05, 0.1) is 0 Å². The summed E-state index contributed by atoms with van der Waals surface area (Å²) in [5, 5.41) is 0. The topological polar surface area (TPSA) is 0 Å². The molecule has 0 aromatic rings. The van der Waals surface area contributed by atoms with Gasteiger partial charge in [-0.1, -0.05) is 24.8 Å². The van der Waals surface area contributed by atoms with Crippen molar-refractivity contribution in [3.8, 4) is 0 Å². The molecule has 0 aliphatic carbocycles. The maximum atomic E-state index is 3.46. The molecule has 0 atom stereocenters. The first-order valence-electron chi connectivity index (χ1n) is 1.65. The molecule has 0 rings (SSSR count). The van der Waals surface area contributed by atoms with Crippen LogP contribution in [0.5, 0.6) is 0 Å². The van der Waals surface area contributed by atoms with E-state index >= 15 is 0 Å². The van der Waals surface area contributed by atoms with E-state index in [4.69, 9.17) is 0 Å². The molecule has 0 amide bonds. The predicted molar refractivity (Wildman–Crippen MR) is 32.2 cm³/mol. The van der Waals surface area contributed by atoms with Crippen LogP contribution in [0.2, 0.25) is 0 Å². The molecule has 0 heterocycles. The van der Waals surface area contributed by atoms with Crippen LogP contribution in [0.4, 0.5) is 0 Å². The Bertz CT molecular complexity index is 45.9. The van der Waals surface area contributed by atoms with Gasteiger partial charge < -0.3 is 0 Å².